The lowest BCUT2D eigenvalue weighted by molar-refractivity contribution is -0.138. The Bertz CT molecular complexity index is 759. The van der Waals surface area contributed by atoms with Crippen LogP contribution in [0.15, 0.2) is 59.1 Å². The van der Waals surface area contributed by atoms with Gasteiger partial charge in [-0.3, -0.25) is 4.99 Å². The van der Waals surface area contributed by atoms with Crippen LogP contribution in [0.3, 0.4) is 0 Å². The predicted octanol–water partition coefficient (Wildman–Crippen LogP) is 5.19. The molecule has 0 aromatic heterocycles. The molecule has 136 valence electrons. The second kappa shape index (κ2) is 10.2. The fourth-order valence-electron chi connectivity index (χ4n) is 2.35. The first kappa shape index (κ1) is 19.4. The van der Waals surface area contributed by atoms with Crippen molar-refractivity contribution in [3.63, 3.8) is 0 Å². The smallest absolute Gasteiger partial charge is 0.333 e. The summed E-state index contributed by atoms with van der Waals surface area (Å²) in [5.41, 5.74) is 3.48. The molecule has 2 aromatic carbocycles. The number of hydrogen-bond acceptors (Lipinski definition) is 4. The number of esters is 1. The molecule has 26 heavy (non-hydrogen) atoms. The van der Waals surface area contributed by atoms with E-state index in [0.717, 1.165) is 22.6 Å². The van der Waals surface area contributed by atoms with Crippen LogP contribution in [0.4, 0.5) is 5.69 Å². The molecule has 0 amide bonds. The van der Waals surface area contributed by atoms with Crippen LogP contribution < -0.4 is 4.74 Å². The fraction of sp³-hybridized carbons (Fsp3) is 0.273. The van der Waals surface area contributed by atoms with Crippen molar-refractivity contribution in [3.05, 3.63) is 65.2 Å². The summed E-state index contributed by atoms with van der Waals surface area (Å²) in [5.74, 6) is 0.599. The Morgan fingerprint density at radius 2 is 1.58 bits per heavy atom. The van der Waals surface area contributed by atoms with Crippen molar-refractivity contribution in [1.82, 2.24) is 0 Å². The van der Waals surface area contributed by atoms with Crippen molar-refractivity contribution in [3.8, 4) is 5.75 Å². The average Bonchev–Trinajstić information content (AvgIpc) is 2.67. The van der Waals surface area contributed by atoms with Crippen LogP contribution in [0.5, 0.6) is 5.75 Å². The molecule has 4 nitrogen and oxygen atoms in total. The first-order valence-corrected chi connectivity index (χ1v) is 8.91. The zero-order chi connectivity index (χ0) is 18.8. The molecule has 0 bridgehead atoms. The molecular formula is C22H25NO3. The maximum Gasteiger partial charge on any atom is 0.333 e. The number of carbonyl (C=O) groups is 1. The van der Waals surface area contributed by atoms with Gasteiger partial charge in [0.15, 0.2) is 0 Å². The van der Waals surface area contributed by atoms with Crippen molar-refractivity contribution >= 4 is 23.9 Å². The third-order valence-corrected chi connectivity index (χ3v) is 3.71. The summed E-state index contributed by atoms with van der Waals surface area (Å²) in [5, 5.41) is 0. The highest BCUT2D eigenvalue weighted by Gasteiger charge is 2.07. The van der Waals surface area contributed by atoms with Gasteiger partial charge in [-0.2, -0.15) is 0 Å². The van der Waals surface area contributed by atoms with E-state index >= 15 is 0 Å². The molecule has 0 aliphatic heterocycles. The van der Waals surface area contributed by atoms with Crippen LogP contribution in [0.25, 0.3) is 6.08 Å². The largest absolute Gasteiger partial charge is 0.494 e. The van der Waals surface area contributed by atoms with Gasteiger partial charge in [0.1, 0.15) is 5.75 Å². The van der Waals surface area contributed by atoms with E-state index < -0.39 is 0 Å². The number of ether oxygens (including phenoxy) is 2. The van der Waals surface area contributed by atoms with Crippen LogP contribution in [-0.2, 0) is 9.53 Å². The fourth-order valence-corrected chi connectivity index (χ4v) is 2.35. The molecule has 0 N–H and O–H groups in total. The minimum Gasteiger partial charge on any atom is -0.494 e. The summed E-state index contributed by atoms with van der Waals surface area (Å²) < 4.78 is 10.5. The summed E-state index contributed by atoms with van der Waals surface area (Å²) in [6, 6.07) is 15.5. The molecule has 0 aliphatic rings. The van der Waals surface area contributed by atoms with E-state index in [4.69, 9.17) is 9.47 Å². The van der Waals surface area contributed by atoms with Crippen LogP contribution in [-0.4, -0.2) is 25.4 Å². The lowest BCUT2D eigenvalue weighted by Gasteiger charge is -2.04. The molecule has 2 aromatic rings. The van der Waals surface area contributed by atoms with Gasteiger partial charge in [-0.05, 0) is 73.9 Å². The minimum atomic E-state index is -0.257. The van der Waals surface area contributed by atoms with Gasteiger partial charge >= 0.3 is 5.97 Å². The Hall–Kier alpha value is -2.88. The predicted molar refractivity (Wildman–Crippen MR) is 106 cm³/mol. The number of nitrogens with zero attached hydrogens (tertiary/aromatic N) is 1. The van der Waals surface area contributed by atoms with Crippen LogP contribution >= 0.6 is 0 Å². The zero-order valence-corrected chi connectivity index (χ0v) is 15.6. The Labute approximate surface area is 155 Å². The lowest BCUT2D eigenvalue weighted by Crippen LogP contribution is -2.06. The quantitative estimate of drug-likeness (QED) is 0.373. The minimum absolute atomic E-state index is 0.257. The van der Waals surface area contributed by atoms with Crippen molar-refractivity contribution in [2.24, 2.45) is 4.99 Å². The van der Waals surface area contributed by atoms with Crippen molar-refractivity contribution in [2.45, 2.75) is 27.2 Å². The Kier molecular flexibility index (Phi) is 7.62. The van der Waals surface area contributed by atoms with E-state index in [1.807, 2.05) is 81.6 Å². The summed E-state index contributed by atoms with van der Waals surface area (Å²) in [7, 11) is 0. The standard InChI is InChI=1S/C22H25NO3/c1-4-19(22(24)26-6-3)15-17-7-11-20(12-8-17)23-16-18-9-13-21(14-10-18)25-5-2/h7-16H,4-6H2,1-3H3. The molecule has 0 atom stereocenters. The van der Waals surface area contributed by atoms with E-state index in [1.165, 1.54) is 0 Å². The molecule has 0 unspecified atom stereocenters. The number of benzene rings is 2. The van der Waals surface area contributed by atoms with Crippen LogP contribution in [0, 0.1) is 0 Å². The van der Waals surface area contributed by atoms with Gasteiger partial charge in [0, 0.05) is 11.8 Å². The van der Waals surface area contributed by atoms with E-state index in [9.17, 15) is 4.79 Å². The highest BCUT2D eigenvalue weighted by molar-refractivity contribution is 5.93. The number of hydrogen-bond donors (Lipinski definition) is 0. The van der Waals surface area contributed by atoms with Crippen LogP contribution in [0.1, 0.15) is 38.3 Å². The molecule has 0 saturated heterocycles. The number of aliphatic imine (C=N–C) groups is 1. The molecule has 0 saturated carbocycles. The highest BCUT2D eigenvalue weighted by atomic mass is 16.5. The first-order chi connectivity index (χ1) is 12.7. The highest BCUT2D eigenvalue weighted by Crippen LogP contribution is 2.17. The van der Waals surface area contributed by atoms with E-state index in [1.54, 1.807) is 0 Å². The topological polar surface area (TPSA) is 47.9 Å². The summed E-state index contributed by atoms with van der Waals surface area (Å²) in [6.45, 7) is 6.75. The normalized spacial score (nSPS) is 11.6. The molecular weight excluding hydrogens is 326 g/mol. The third-order valence-electron chi connectivity index (χ3n) is 3.71. The lowest BCUT2D eigenvalue weighted by atomic mass is 10.1. The molecule has 0 radical (unpaired) electrons. The van der Waals surface area contributed by atoms with Gasteiger partial charge < -0.3 is 9.47 Å². The van der Waals surface area contributed by atoms with Crippen molar-refractivity contribution < 1.29 is 14.3 Å². The summed E-state index contributed by atoms with van der Waals surface area (Å²) in [4.78, 5) is 16.3. The summed E-state index contributed by atoms with van der Waals surface area (Å²) in [6.07, 6.45) is 4.31. The second-order valence-corrected chi connectivity index (χ2v) is 5.60. The van der Waals surface area contributed by atoms with Crippen molar-refractivity contribution in [1.29, 1.82) is 0 Å². The third kappa shape index (κ3) is 5.88. The van der Waals surface area contributed by atoms with Gasteiger partial charge in [0.25, 0.3) is 0 Å². The maximum absolute atomic E-state index is 11.8. The number of rotatable bonds is 8. The molecule has 4 heteroatoms. The summed E-state index contributed by atoms with van der Waals surface area (Å²) >= 11 is 0. The SMILES string of the molecule is CCOC(=O)C(=Cc1ccc(N=Cc2ccc(OCC)cc2)cc1)CC. The molecule has 0 spiro atoms. The monoisotopic (exact) mass is 351 g/mol. The van der Waals surface area contributed by atoms with Crippen LogP contribution in [0.2, 0.25) is 0 Å². The Morgan fingerprint density at radius 3 is 2.15 bits per heavy atom. The Balaban J connectivity index is 2.05. The maximum atomic E-state index is 11.8. The van der Waals surface area contributed by atoms with Gasteiger partial charge in [0.05, 0.1) is 18.9 Å². The van der Waals surface area contributed by atoms with Gasteiger partial charge in [-0.25, -0.2) is 4.79 Å². The Morgan fingerprint density at radius 1 is 0.923 bits per heavy atom. The zero-order valence-electron chi connectivity index (χ0n) is 15.6. The molecule has 0 heterocycles. The molecule has 0 fully saturated rings. The first-order valence-electron chi connectivity index (χ1n) is 8.91. The second-order valence-electron chi connectivity index (χ2n) is 5.60. The molecule has 2 rings (SSSR count). The molecule has 0 aliphatic carbocycles. The van der Waals surface area contributed by atoms with E-state index in [0.29, 0.717) is 25.2 Å². The van der Waals surface area contributed by atoms with Crippen molar-refractivity contribution in [2.75, 3.05) is 13.2 Å². The number of carbonyl (C=O) groups excluding carboxylic acids is 1. The van der Waals surface area contributed by atoms with Gasteiger partial charge in [-0.1, -0.05) is 19.1 Å². The van der Waals surface area contributed by atoms with E-state index in [2.05, 4.69) is 4.99 Å². The van der Waals surface area contributed by atoms with Gasteiger partial charge in [-0.15, -0.1) is 0 Å². The average molecular weight is 351 g/mol. The van der Waals surface area contributed by atoms with Gasteiger partial charge in [0.2, 0.25) is 0 Å². The van der Waals surface area contributed by atoms with E-state index in [-0.39, 0.29) is 5.97 Å².